The van der Waals surface area contributed by atoms with Crippen molar-refractivity contribution in [3.63, 3.8) is 0 Å². The van der Waals surface area contributed by atoms with E-state index in [0.29, 0.717) is 0 Å². The summed E-state index contributed by atoms with van der Waals surface area (Å²) < 4.78 is 2.34. The van der Waals surface area contributed by atoms with Gasteiger partial charge in [0.1, 0.15) is 0 Å². The average molecular weight is 165 g/mol. The molecule has 1 aromatic carbocycles. The normalized spacial score (nSPS) is 15.2. The molecule has 0 aromatic heterocycles. The Labute approximate surface area is 71.5 Å². The van der Waals surface area contributed by atoms with Gasteiger partial charge in [-0.15, -0.1) is 0 Å². The number of anilines is 1. The summed E-state index contributed by atoms with van der Waals surface area (Å²) in [6.07, 6.45) is 3.33. The first-order valence-electron chi connectivity index (χ1n) is 3.81. The standard InChI is InChI=1S/C9H11NS/c1-11-10-7-6-8-4-2-3-5-9(8)10/h2-5H,6-7H2,1H3. The highest BCUT2D eigenvalue weighted by Gasteiger charge is 2.16. The van der Waals surface area contributed by atoms with Crippen molar-refractivity contribution in [3.8, 4) is 0 Å². The molecule has 1 aliphatic rings. The van der Waals surface area contributed by atoms with Crippen molar-refractivity contribution in [1.82, 2.24) is 0 Å². The van der Waals surface area contributed by atoms with Crippen molar-refractivity contribution < 1.29 is 0 Å². The maximum absolute atomic E-state index is 2.34. The van der Waals surface area contributed by atoms with Gasteiger partial charge >= 0.3 is 0 Å². The summed E-state index contributed by atoms with van der Waals surface area (Å²) in [5.41, 5.74) is 2.89. The number of nitrogens with zero attached hydrogens (tertiary/aromatic N) is 1. The second kappa shape index (κ2) is 2.78. The molecule has 0 spiro atoms. The fourth-order valence-corrected chi connectivity index (χ4v) is 2.15. The number of benzene rings is 1. The van der Waals surface area contributed by atoms with E-state index >= 15 is 0 Å². The molecule has 1 nitrogen and oxygen atoms in total. The van der Waals surface area contributed by atoms with E-state index in [4.69, 9.17) is 0 Å². The molecule has 0 amide bonds. The lowest BCUT2D eigenvalue weighted by atomic mass is 10.2. The van der Waals surface area contributed by atoms with Crippen LogP contribution in [0.3, 0.4) is 0 Å². The van der Waals surface area contributed by atoms with Gasteiger partial charge in [0.15, 0.2) is 0 Å². The van der Waals surface area contributed by atoms with E-state index in [0.717, 1.165) is 0 Å². The van der Waals surface area contributed by atoms with E-state index in [1.165, 1.54) is 24.2 Å². The van der Waals surface area contributed by atoms with Crippen LogP contribution in [0.2, 0.25) is 0 Å². The van der Waals surface area contributed by atoms with Crippen LogP contribution in [0.5, 0.6) is 0 Å². The molecule has 1 aliphatic heterocycles. The third-order valence-electron chi connectivity index (χ3n) is 2.06. The van der Waals surface area contributed by atoms with Crippen LogP contribution in [0, 0.1) is 0 Å². The number of para-hydroxylation sites is 1. The quantitative estimate of drug-likeness (QED) is 0.587. The smallest absolute Gasteiger partial charge is 0.0502 e. The molecule has 2 heteroatoms. The van der Waals surface area contributed by atoms with Gasteiger partial charge in [-0.2, -0.15) is 0 Å². The average Bonchev–Trinajstić information content (AvgIpc) is 2.47. The Morgan fingerprint density at radius 2 is 2.18 bits per heavy atom. The fourth-order valence-electron chi connectivity index (χ4n) is 1.50. The minimum Gasteiger partial charge on any atom is -0.316 e. The Kier molecular flexibility index (Phi) is 1.78. The van der Waals surface area contributed by atoms with Crippen LogP contribution in [-0.4, -0.2) is 12.8 Å². The van der Waals surface area contributed by atoms with Crippen LogP contribution in [-0.2, 0) is 6.42 Å². The zero-order chi connectivity index (χ0) is 7.68. The van der Waals surface area contributed by atoms with Gasteiger partial charge in [0, 0.05) is 12.8 Å². The van der Waals surface area contributed by atoms with E-state index in [9.17, 15) is 0 Å². The molecule has 0 unspecified atom stereocenters. The van der Waals surface area contributed by atoms with Crippen LogP contribution in [0.25, 0.3) is 0 Å². The van der Waals surface area contributed by atoms with Crippen molar-refractivity contribution in [2.24, 2.45) is 0 Å². The number of hydrogen-bond donors (Lipinski definition) is 0. The zero-order valence-electron chi connectivity index (χ0n) is 6.58. The molecule has 2 rings (SSSR count). The van der Waals surface area contributed by atoms with Crippen LogP contribution in [0.15, 0.2) is 24.3 Å². The van der Waals surface area contributed by atoms with E-state index in [1.807, 2.05) is 11.9 Å². The maximum Gasteiger partial charge on any atom is 0.0502 e. The van der Waals surface area contributed by atoms with Gasteiger partial charge in [0.05, 0.1) is 5.69 Å². The highest BCUT2D eigenvalue weighted by Crippen LogP contribution is 2.31. The Morgan fingerprint density at radius 3 is 3.00 bits per heavy atom. The monoisotopic (exact) mass is 165 g/mol. The third-order valence-corrected chi connectivity index (χ3v) is 2.88. The Balaban J connectivity index is 2.39. The number of fused-ring (bicyclic) bond motifs is 1. The van der Waals surface area contributed by atoms with E-state index < -0.39 is 0 Å². The van der Waals surface area contributed by atoms with Gasteiger partial charge in [-0.05, 0) is 18.1 Å². The topological polar surface area (TPSA) is 3.24 Å². The molecule has 0 fully saturated rings. The summed E-state index contributed by atoms with van der Waals surface area (Å²) in [6.45, 7) is 1.17. The Hall–Kier alpha value is -0.630. The summed E-state index contributed by atoms with van der Waals surface area (Å²) in [6, 6.07) is 8.63. The second-order valence-corrected chi connectivity index (χ2v) is 3.47. The summed E-state index contributed by atoms with van der Waals surface area (Å²) in [4.78, 5) is 0. The first kappa shape index (κ1) is 7.04. The minimum absolute atomic E-state index is 1.17. The Bertz CT molecular complexity index is 259. The molecule has 58 valence electrons. The van der Waals surface area contributed by atoms with Gasteiger partial charge < -0.3 is 4.31 Å². The molecule has 0 N–H and O–H groups in total. The van der Waals surface area contributed by atoms with Crippen molar-refractivity contribution in [2.75, 3.05) is 17.1 Å². The van der Waals surface area contributed by atoms with Crippen molar-refractivity contribution in [2.45, 2.75) is 6.42 Å². The van der Waals surface area contributed by atoms with Crippen LogP contribution >= 0.6 is 11.9 Å². The SMILES string of the molecule is CSN1CCc2ccccc21. The van der Waals surface area contributed by atoms with Gasteiger partial charge in [-0.1, -0.05) is 30.1 Å². The van der Waals surface area contributed by atoms with E-state index in [1.54, 1.807) is 0 Å². The fraction of sp³-hybridized carbons (Fsp3) is 0.333. The van der Waals surface area contributed by atoms with E-state index in [-0.39, 0.29) is 0 Å². The molecule has 0 bridgehead atoms. The first-order valence-corrected chi connectivity index (χ1v) is 4.99. The van der Waals surface area contributed by atoms with Crippen molar-refractivity contribution in [3.05, 3.63) is 29.8 Å². The molecule has 1 heterocycles. The Morgan fingerprint density at radius 1 is 1.36 bits per heavy atom. The second-order valence-electron chi connectivity index (χ2n) is 2.66. The van der Waals surface area contributed by atoms with Crippen molar-refractivity contribution >= 4 is 17.6 Å². The molecule has 0 saturated carbocycles. The van der Waals surface area contributed by atoms with Crippen LogP contribution in [0.4, 0.5) is 5.69 Å². The maximum atomic E-state index is 2.34. The molecule has 1 aromatic rings. The molecular formula is C9H11NS. The highest BCUT2D eigenvalue weighted by atomic mass is 32.2. The molecule has 0 saturated heterocycles. The highest BCUT2D eigenvalue weighted by molar-refractivity contribution is 8.00. The van der Waals surface area contributed by atoms with Gasteiger partial charge in [0.2, 0.25) is 0 Å². The molecule has 0 radical (unpaired) electrons. The van der Waals surface area contributed by atoms with Crippen LogP contribution < -0.4 is 4.31 Å². The lowest BCUT2D eigenvalue weighted by Crippen LogP contribution is -2.08. The zero-order valence-corrected chi connectivity index (χ0v) is 7.40. The lowest BCUT2D eigenvalue weighted by Gasteiger charge is -2.13. The summed E-state index contributed by atoms with van der Waals surface area (Å²) in [5.74, 6) is 0. The first-order chi connectivity index (χ1) is 5.42. The van der Waals surface area contributed by atoms with Gasteiger partial charge in [-0.3, -0.25) is 0 Å². The summed E-state index contributed by atoms with van der Waals surface area (Å²) in [7, 11) is 0. The summed E-state index contributed by atoms with van der Waals surface area (Å²) in [5, 5.41) is 0. The molecular weight excluding hydrogens is 154 g/mol. The van der Waals surface area contributed by atoms with Gasteiger partial charge in [-0.25, -0.2) is 0 Å². The molecule has 11 heavy (non-hydrogen) atoms. The largest absolute Gasteiger partial charge is 0.316 e. The van der Waals surface area contributed by atoms with Crippen LogP contribution in [0.1, 0.15) is 5.56 Å². The van der Waals surface area contributed by atoms with E-state index in [2.05, 4.69) is 34.8 Å². The third kappa shape index (κ3) is 1.11. The number of hydrogen-bond acceptors (Lipinski definition) is 2. The predicted molar refractivity (Wildman–Crippen MR) is 51.0 cm³/mol. The minimum atomic E-state index is 1.17. The summed E-state index contributed by atoms with van der Waals surface area (Å²) >= 11 is 1.81. The lowest BCUT2D eigenvalue weighted by molar-refractivity contribution is 1.06. The predicted octanol–water partition coefficient (Wildman–Crippen LogP) is 2.33. The van der Waals surface area contributed by atoms with Crippen molar-refractivity contribution in [1.29, 1.82) is 0 Å². The number of rotatable bonds is 1. The molecule has 0 aliphatic carbocycles. The molecule has 0 atom stereocenters. The van der Waals surface area contributed by atoms with Gasteiger partial charge in [0.25, 0.3) is 0 Å².